The molecule has 1 saturated heterocycles. The van der Waals surface area contributed by atoms with Crippen LogP contribution in [0.5, 0.6) is 0 Å². The van der Waals surface area contributed by atoms with Crippen LogP contribution in [-0.4, -0.2) is 41.4 Å². The molecule has 17 heavy (non-hydrogen) atoms. The molecule has 0 aromatic carbocycles. The zero-order chi connectivity index (χ0) is 12.0. The van der Waals surface area contributed by atoms with Gasteiger partial charge in [0.15, 0.2) is 0 Å². The van der Waals surface area contributed by atoms with Gasteiger partial charge in [-0.05, 0) is 0 Å². The van der Waals surface area contributed by atoms with Gasteiger partial charge in [0.2, 0.25) is 0 Å². The van der Waals surface area contributed by atoms with E-state index in [0.717, 1.165) is 0 Å². The molecule has 1 saturated carbocycles. The van der Waals surface area contributed by atoms with Gasteiger partial charge in [-0.2, -0.15) is 0 Å². The Hall–Kier alpha value is -0.341. The average Bonchev–Trinajstić information content (AvgIpc) is 2.87. The van der Waals surface area contributed by atoms with Gasteiger partial charge in [-0.3, -0.25) is 0 Å². The summed E-state index contributed by atoms with van der Waals surface area (Å²) in [4.78, 5) is 26.6. The van der Waals surface area contributed by atoms with E-state index in [0.29, 0.717) is 34.3 Å². The van der Waals surface area contributed by atoms with E-state index < -0.39 is 10.8 Å². The minimum atomic E-state index is -0.582. The van der Waals surface area contributed by atoms with Crippen LogP contribution in [0.4, 0.5) is 0 Å². The van der Waals surface area contributed by atoms with Crippen LogP contribution >= 0.6 is 0 Å². The van der Waals surface area contributed by atoms with Crippen LogP contribution in [0, 0.1) is 10.8 Å². The summed E-state index contributed by atoms with van der Waals surface area (Å²) in [6.07, 6.45) is 0. The van der Waals surface area contributed by atoms with Gasteiger partial charge in [-0.15, -0.1) is 0 Å². The molecule has 0 spiro atoms. The first-order valence-corrected chi connectivity index (χ1v) is 9.21. The molecule has 4 unspecified atom stereocenters. The maximum absolute atomic E-state index is 12.0. The average molecular weight is 360 g/mol. The number of rotatable bonds is 0. The number of esters is 2. The second kappa shape index (κ2) is 2.80. The molecule has 3 heterocycles. The molecule has 2 fully saturated rings. The number of ether oxygens (including phenoxy) is 1. The van der Waals surface area contributed by atoms with Gasteiger partial charge in [-0.25, -0.2) is 0 Å². The summed E-state index contributed by atoms with van der Waals surface area (Å²) in [5.74, 6) is -0.291. The van der Waals surface area contributed by atoms with Crippen molar-refractivity contribution in [2.75, 3.05) is 0 Å². The number of carbonyl (C=O) groups excluding carboxylic acids is 2. The molecule has 5 heteroatoms. The van der Waals surface area contributed by atoms with Crippen molar-refractivity contribution in [3.05, 3.63) is 15.4 Å². The predicted molar refractivity (Wildman–Crippen MR) is 62.6 cm³/mol. The summed E-state index contributed by atoms with van der Waals surface area (Å²) in [6, 6.07) is 2.21. The van der Waals surface area contributed by atoms with E-state index in [1.165, 1.54) is 8.90 Å². The Kier molecular flexibility index (Phi) is 1.74. The summed E-state index contributed by atoms with van der Waals surface area (Å²) in [7, 11) is 0. The molecule has 3 aliphatic rings. The predicted octanol–water partition coefficient (Wildman–Crippen LogP) is 0.0684. The van der Waals surface area contributed by atoms with Crippen LogP contribution in [0.1, 0.15) is 24.2 Å². The molecular weight excluding hydrogens is 350 g/mol. The van der Waals surface area contributed by atoms with Crippen molar-refractivity contribution in [3.63, 3.8) is 0 Å². The summed E-state index contributed by atoms with van der Waals surface area (Å²) in [6.45, 7) is 3.86. The van der Waals surface area contributed by atoms with Gasteiger partial charge >= 0.3 is 111 Å². The topological polar surface area (TPSA) is 43.4 Å². The second-order valence-electron chi connectivity index (χ2n) is 5.25. The zero-order valence-electron chi connectivity index (χ0n) is 9.35. The quantitative estimate of drug-likeness (QED) is 0.374. The van der Waals surface area contributed by atoms with Crippen LogP contribution in [0.15, 0.2) is 11.0 Å². The molecule has 4 atom stereocenters. The van der Waals surface area contributed by atoms with E-state index in [4.69, 9.17) is 4.74 Å². The Labute approximate surface area is 111 Å². The molecule has 1 aromatic rings. The first-order chi connectivity index (χ1) is 8.01. The van der Waals surface area contributed by atoms with E-state index in [-0.39, 0.29) is 17.9 Å². The van der Waals surface area contributed by atoms with E-state index in [9.17, 15) is 9.59 Å². The first-order valence-electron chi connectivity index (χ1n) is 5.52. The third-order valence-electron chi connectivity index (χ3n) is 4.80. The summed E-state index contributed by atoms with van der Waals surface area (Å²) in [5.41, 5.74) is -1.13. The standard InChI is InChI=1S/C12H10O3Se2/c1-11-6-7-5(3-4-16-7)17-8(6)12(11,2)10(14)15-9(11)13/h3-4,6,8H,1-2H3. The molecule has 88 valence electrons. The van der Waals surface area contributed by atoms with E-state index in [2.05, 4.69) is 11.0 Å². The molecule has 3 nitrogen and oxygen atoms in total. The van der Waals surface area contributed by atoms with Gasteiger partial charge in [0.25, 0.3) is 0 Å². The SMILES string of the molecule is CC12C(=O)OC(=O)C1(C)C1c3[se]ccc3[Se]C12. The zero-order valence-corrected chi connectivity index (χ0v) is 12.8. The molecule has 4 rings (SSSR count). The van der Waals surface area contributed by atoms with E-state index in [1.807, 2.05) is 13.8 Å². The van der Waals surface area contributed by atoms with Crippen LogP contribution in [0.2, 0.25) is 4.82 Å². The fraction of sp³-hybridized carbons (Fsp3) is 0.500. The monoisotopic (exact) mass is 362 g/mol. The van der Waals surface area contributed by atoms with Gasteiger partial charge in [-0.1, -0.05) is 0 Å². The Balaban J connectivity index is 1.94. The van der Waals surface area contributed by atoms with Crippen LogP contribution in [0.25, 0.3) is 0 Å². The molecule has 0 amide bonds. The van der Waals surface area contributed by atoms with Crippen molar-refractivity contribution >= 4 is 45.9 Å². The summed E-state index contributed by atoms with van der Waals surface area (Å²) >= 11 is 0.736. The van der Waals surface area contributed by atoms with Gasteiger partial charge in [0, 0.05) is 0 Å². The number of hydrogen-bond donors (Lipinski definition) is 0. The molecule has 2 aliphatic heterocycles. The van der Waals surface area contributed by atoms with Crippen molar-refractivity contribution in [1.82, 2.24) is 0 Å². The van der Waals surface area contributed by atoms with E-state index >= 15 is 0 Å². The van der Waals surface area contributed by atoms with Crippen molar-refractivity contribution < 1.29 is 14.3 Å². The molecule has 1 aliphatic carbocycles. The number of cyclic esters (lactones) is 2. The van der Waals surface area contributed by atoms with Crippen LogP contribution in [-0.2, 0) is 14.3 Å². The van der Waals surface area contributed by atoms with Crippen molar-refractivity contribution in [1.29, 1.82) is 0 Å². The Bertz CT molecular complexity index is 578. The Morgan fingerprint density at radius 2 is 1.94 bits per heavy atom. The Morgan fingerprint density at radius 1 is 1.24 bits per heavy atom. The first kappa shape index (κ1) is 10.6. The summed E-state index contributed by atoms with van der Waals surface area (Å²) < 4.78 is 7.85. The third-order valence-corrected chi connectivity index (χ3v) is 10.9. The maximum atomic E-state index is 12.0. The van der Waals surface area contributed by atoms with Crippen molar-refractivity contribution in [2.45, 2.75) is 24.6 Å². The van der Waals surface area contributed by atoms with Gasteiger partial charge < -0.3 is 0 Å². The van der Waals surface area contributed by atoms with Gasteiger partial charge in [0.05, 0.1) is 0 Å². The summed E-state index contributed by atoms with van der Waals surface area (Å²) in [5, 5.41) is 0. The molecule has 0 N–H and O–H groups in total. The second-order valence-corrected chi connectivity index (χ2v) is 9.72. The fourth-order valence-electron chi connectivity index (χ4n) is 3.48. The molecule has 0 radical (unpaired) electrons. The number of hydrogen-bond acceptors (Lipinski definition) is 3. The van der Waals surface area contributed by atoms with Crippen LogP contribution in [0.3, 0.4) is 0 Å². The third kappa shape index (κ3) is 0.849. The normalized spacial score (nSPS) is 46.0. The van der Waals surface area contributed by atoms with Crippen molar-refractivity contribution in [3.8, 4) is 0 Å². The molecular formula is C12H10O3Se2. The van der Waals surface area contributed by atoms with E-state index in [1.54, 1.807) is 0 Å². The molecule has 0 bridgehead atoms. The number of fused-ring (bicyclic) bond motifs is 6. The fourth-order valence-corrected chi connectivity index (χ4v) is 11.4. The van der Waals surface area contributed by atoms with Crippen molar-refractivity contribution in [2.24, 2.45) is 10.8 Å². The molecule has 1 aromatic heterocycles. The number of carbonyl (C=O) groups is 2. The Morgan fingerprint density at radius 3 is 2.71 bits per heavy atom. The minimum absolute atomic E-state index is 0.286. The van der Waals surface area contributed by atoms with Gasteiger partial charge in [0.1, 0.15) is 0 Å². The van der Waals surface area contributed by atoms with Crippen LogP contribution < -0.4 is 4.46 Å².